The van der Waals surface area contributed by atoms with Crippen molar-refractivity contribution in [3.8, 4) is 11.5 Å². The van der Waals surface area contributed by atoms with Gasteiger partial charge in [0.15, 0.2) is 0 Å². The van der Waals surface area contributed by atoms with Crippen LogP contribution in [0.25, 0.3) is 0 Å². The number of nitrogens with zero attached hydrogens (tertiary/aromatic N) is 7. The smallest absolute Gasteiger partial charge is 0.416 e. The number of alkyl halides is 3. The molecular weight excluding hydrogens is 1070 g/mol. The van der Waals surface area contributed by atoms with E-state index in [1.54, 1.807) is 105 Å². The normalized spacial score (nSPS) is 8.87. The lowest BCUT2D eigenvalue weighted by Crippen LogP contribution is -2.03. The van der Waals surface area contributed by atoms with E-state index in [0.29, 0.717) is 44.9 Å². The molecule has 0 amide bonds. The second-order valence-electron chi connectivity index (χ2n) is 13.1. The van der Waals surface area contributed by atoms with E-state index in [1.165, 1.54) is 79.0 Å². The predicted molar refractivity (Wildman–Crippen MR) is 275 cm³/mol. The molecule has 0 spiro atoms. The number of aryl methyl sites for hydroxylation is 1. The molecule has 0 radical (unpaired) electrons. The van der Waals surface area contributed by atoms with Crippen molar-refractivity contribution >= 4 is 110 Å². The van der Waals surface area contributed by atoms with Crippen LogP contribution >= 0.6 is 27.5 Å². The zero-order valence-corrected chi connectivity index (χ0v) is 41.6. The highest BCUT2D eigenvalue weighted by Gasteiger charge is 2.30. The molecule has 7 aromatic carbocycles. The Labute approximate surface area is 438 Å². The van der Waals surface area contributed by atoms with Gasteiger partial charge in [-0.15, -0.1) is 0 Å². The number of benzene rings is 7. The Morgan fingerprint density at radius 3 is 1.17 bits per heavy atom. The first-order valence-electron chi connectivity index (χ1n) is 20.4. The number of halogens is 6. The molecule has 0 N–H and O–H groups in total. The monoisotopic (exact) mass is 1110 g/mol. The number of carbonyl (C=O) groups excluding carboxylic acids is 7. The molecule has 7 rings (SSSR count). The van der Waals surface area contributed by atoms with Crippen LogP contribution in [-0.2, 0) is 39.7 Å². The Hall–Kier alpha value is -9.71. The molecule has 75 heavy (non-hydrogen) atoms. The number of hydrogen-bond acceptors (Lipinski definition) is 16. The van der Waals surface area contributed by atoms with E-state index in [4.69, 9.17) is 21.1 Å². The molecular formula is C53H37BrClF4N7O9. The van der Waals surface area contributed by atoms with Gasteiger partial charge in [0.1, 0.15) is 17.3 Å². The molecule has 0 heterocycles. The van der Waals surface area contributed by atoms with Gasteiger partial charge in [-0.3, -0.25) is 0 Å². The fourth-order valence-electron chi connectivity index (χ4n) is 4.70. The molecule has 0 aliphatic carbocycles. The molecule has 0 fully saturated rings. The highest BCUT2D eigenvalue weighted by molar-refractivity contribution is 9.10. The van der Waals surface area contributed by atoms with Crippen molar-refractivity contribution in [1.29, 1.82) is 0 Å². The van der Waals surface area contributed by atoms with Crippen LogP contribution in [-0.4, -0.2) is 56.8 Å². The number of hydrogen-bond donors (Lipinski definition) is 0. The van der Waals surface area contributed by atoms with Gasteiger partial charge in [-0.1, -0.05) is 51.8 Å². The van der Waals surface area contributed by atoms with Gasteiger partial charge in [-0.2, -0.15) is 48.1 Å². The summed E-state index contributed by atoms with van der Waals surface area (Å²) in [5.74, 6) is 1.08. The van der Waals surface area contributed by atoms with Gasteiger partial charge in [0, 0.05) is 15.6 Å². The predicted octanol–water partition coefficient (Wildman–Crippen LogP) is 14.5. The minimum atomic E-state index is -4.41. The van der Waals surface area contributed by atoms with Gasteiger partial charge >= 0.3 is 6.18 Å². The standard InChI is InChI=1S/C8H4F3NO.2C8H7NO2.C8H7NO.C7H4BrNO.C7H4ClNO.C7H4FNO/c9-8(10,11)6-2-1-3-7(4-6)12-5-13;1-11-8-4-2-7(3-5-8)9-6-10;1-11-8-4-2-3-7(5-8)9-6-10;1-7-3-2-4-8(5-7)9-6-10;3*8-6-1-3-7(4-2-6)9-5-10/h1-4H;2*2-5H,1H3;2-5H,1H3;3*1-4H. The molecule has 380 valence electrons. The summed E-state index contributed by atoms with van der Waals surface area (Å²) in [6.07, 6.45) is 5.41. The molecule has 22 heteroatoms. The molecule has 7 aromatic rings. The van der Waals surface area contributed by atoms with Crippen LogP contribution in [0.1, 0.15) is 11.1 Å². The molecule has 0 aromatic heterocycles. The maximum absolute atomic E-state index is 12.2. The number of methoxy groups -OCH3 is 2. The zero-order valence-electron chi connectivity index (χ0n) is 39.2. The fraction of sp³-hybridized carbons (Fsp3) is 0.0755. The second kappa shape index (κ2) is 38.0. The van der Waals surface area contributed by atoms with Crippen LogP contribution in [0.2, 0.25) is 5.02 Å². The molecule has 0 aliphatic rings. The van der Waals surface area contributed by atoms with Gasteiger partial charge in [-0.05, 0) is 152 Å². The minimum Gasteiger partial charge on any atom is -0.497 e. The van der Waals surface area contributed by atoms with Crippen molar-refractivity contribution in [2.75, 3.05) is 14.2 Å². The number of rotatable bonds is 9. The van der Waals surface area contributed by atoms with Crippen LogP contribution in [0, 0.1) is 12.7 Å². The number of aliphatic imine (C=N–C) groups is 7. The summed E-state index contributed by atoms with van der Waals surface area (Å²) >= 11 is 8.83. The number of ether oxygens (including phenoxy) is 2. The van der Waals surface area contributed by atoms with Gasteiger partial charge in [0.05, 0.1) is 59.6 Å². The molecule has 16 nitrogen and oxygen atoms in total. The maximum Gasteiger partial charge on any atom is 0.416 e. The average molecular weight is 1110 g/mol. The van der Waals surface area contributed by atoms with E-state index >= 15 is 0 Å². The molecule has 0 unspecified atom stereocenters. The van der Waals surface area contributed by atoms with Crippen LogP contribution < -0.4 is 9.47 Å². The highest BCUT2D eigenvalue weighted by atomic mass is 79.9. The first-order chi connectivity index (χ1) is 36.1. The van der Waals surface area contributed by atoms with Gasteiger partial charge in [-0.25, -0.2) is 38.0 Å². The van der Waals surface area contributed by atoms with Crippen LogP contribution in [0.15, 0.2) is 209 Å². The van der Waals surface area contributed by atoms with E-state index in [9.17, 15) is 51.1 Å². The van der Waals surface area contributed by atoms with Gasteiger partial charge in [0.25, 0.3) is 0 Å². The first-order valence-corrected chi connectivity index (χ1v) is 21.6. The van der Waals surface area contributed by atoms with Gasteiger partial charge in [0.2, 0.25) is 42.6 Å². The Bertz CT molecular complexity index is 3060. The lowest BCUT2D eigenvalue weighted by Gasteiger charge is -2.05. The lowest BCUT2D eigenvalue weighted by atomic mass is 10.2. The number of isocyanates is 7. The Morgan fingerprint density at radius 2 is 0.773 bits per heavy atom. The van der Waals surface area contributed by atoms with Crippen LogP contribution in [0.4, 0.5) is 57.4 Å². The van der Waals surface area contributed by atoms with E-state index in [-0.39, 0.29) is 11.5 Å². The van der Waals surface area contributed by atoms with Crippen LogP contribution in [0.3, 0.4) is 0 Å². The molecule has 0 atom stereocenters. The average Bonchev–Trinajstić information content (AvgIpc) is 3.40. The van der Waals surface area contributed by atoms with Crippen molar-refractivity contribution < 1.29 is 60.6 Å². The van der Waals surface area contributed by atoms with Crippen molar-refractivity contribution in [3.63, 3.8) is 0 Å². The minimum absolute atomic E-state index is 0.0511. The Morgan fingerprint density at radius 1 is 0.427 bits per heavy atom. The lowest BCUT2D eigenvalue weighted by molar-refractivity contribution is -0.137. The SMILES string of the molecule is COc1ccc(N=C=O)cc1.COc1cccc(N=C=O)c1.Cc1cccc(N=C=O)c1.O=C=Nc1ccc(Br)cc1.O=C=Nc1ccc(Cl)cc1.O=C=Nc1ccc(F)cc1.O=C=Nc1cccc(C(F)(F)F)c1. The van der Waals surface area contributed by atoms with E-state index < -0.39 is 11.7 Å². The highest BCUT2D eigenvalue weighted by Crippen LogP contribution is 2.31. The molecule has 0 bridgehead atoms. The second-order valence-corrected chi connectivity index (χ2v) is 14.5. The molecule has 0 saturated heterocycles. The maximum atomic E-state index is 12.2. The first kappa shape index (κ1) is 63.3. The molecule has 0 saturated carbocycles. The third kappa shape index (κ3) is 29.9. The summed E-state index contributed by atoms with van der Waals surface area (Å²) < 4.78 is 59.2. The Balaban J connectivity index is 0.000000438. The van der Waals surface area contributed by atoms with Crippen molar-refractivity contribution in [2.45, 2.75) is 13.1 Å². The van der Waals surface area contributed by atoms with Gasteiger partial charge < -0.3 is 9.47 Å². The third-order valence-electron chi connectivity index (χ3n) is 8.00. The fourth-order valence-corrected chi connectivity index (χ4v) is 5.09. The van der Waals surface area contributed by atoms with E-state index in [2.05, 4.69) is 50.9 Å². The van der Waals surface area contributed by atoms with E-state index in [0.717, 1.165) is 27.9 Å². The zero-order chi connectivity index (χ0) is 55.7. The van der Waals surface area contributed by atoms with E-state index in [1.807, 2.05) is 37.3 Å². The largest absolute Gasteiger partial charge is 0.497 e. The van der Waals surface area contributed by atoms with Crippen molar-refractivity contribution in [3.05, 3.63) is 196 Å². The Kier molecular flexibility index (Phi) is 32.1. The van der Waals surface area contributed by atoms with Crippen LogP contribution in [0.5, 0.6) is 11.5 Å². The summed E-state index contributed by atoms with van der Waals surface area (Å²) in [4.78, 5) is 91.8. The van der Waals surface area contributed by atoms with Crippen molar-refractivity contribution in [1.82, 2.24) is 0 Å². The summed E-state index contributed by atoms with van der Waals surface area (Å²) in [6, 6.07) is 44.3. The summed E-state index contributed by atoms with van der Waals surface area (Å²) in [7, 11) is 3.14. The quantitative estimate of drug-likeness (QED) is 0.0760. The summed E-state index contributed by atoms with van der Waals surface area (Å²) in [5.41, 5.74) is 3.62. The molecule has 0 aliphatic heterocycles. The summed E-state index contributed by atoms with van der Waals surface area (Å²) in [6.45, 7) is 1.95. The van der Waals surface area contributed by atoms with Crippen molar-refractivity contribution in [2.24, 2.45) is 34.9 Å². The third-order valence-corrected chi connectivity index (χ3v) is 8.78. The topological polar surface area (TPSA) is 224 Å². The summed E-state index contributed by atoms with van der Waals surface area (Å²) in [5, 5.41) is 0.629.